The van der Waals surface area contributed by atoms with E-state index in [1.54, 1.807) is 25.3 Å². The Labute approximate surface area is 178 Å². The molecule has 0 bridgehead atoms. The van der Waals surface area contributed by atoms with Gasteiger partial charge in [0.25, 0.3) is 5.91 Å². The summed E-state index contributed by atoms with van der Waals surface area (Å²) in [5.41, 5.74) is 1.10. The van der Waals surface area contributed by atoms with E-state index in [2.05, 4.69) is 25.8 Å². The Bertz CT molecular complexity index is 1070. The number of carbonyl (C=O) groups is 2. The van der Waals surface area contributed by atoms with Crippen LogP contribution in [0.2, 0.25) is 5.02 Å². The van der Waals surface area contributed by atoms with E-state index in [0.717, 1.165) is 25.7 Å². The smallest absolute Gasteiger partial charge is 0.295 e. The maximum Gasteiger partial charge on any atom is 0.295 e. The number of aromatic nitrogens is 5. The van der Waals surface area contributed by atoms with Crippen molar-refractivity contribution in [2.45, 2.75) is 45.2 Å². The Morgan fingerprint density at radius 1 is 1.23 bits per heavy atom. The van der Waals surface area contributed by atoms with Gasteiger partial charge >= 0.3 is 0 Å². The van der Waals surface area contributed by atoms with Crippen molar-refractivity contribution in [1.82, 2.24) is 29.9 Å². The first kappa shape index (κ1) is 20.1. The van der Waals surface area contributed by atoms with Gasteiger partial charge in [-0.1, -0.05) is 36.6 Å². The minimum atomic E-state index is -0.473. The van der Waals surface area contributed by atoms with Crippen molar-refractivity contribution in [2.75, 3.05) is 5.32 Å². The average Bonchev–Trinajstić information content (AvgIpc) is 3.45. The third kappa shape index (κ3) is 4.51. The quantitative estimate of drug-likeness (QED) is 0.629. The fourth-order valence-electron chi connectivity index (χ4n) is 3.53. The number of aryl methyl sites for hydroxylation is 1. The van der Waals surface area contributed by atoms with Crippen LogP contribution in [0.3, 0.4) is 0 Å². The summed E-state index contributed by atoms with van der Waals surface area (Å²) in [7, 11) is 0. The number of rotatable bonds is 6. The van der Waals surface area contributed by atoms with E-state index in [-0.39, 0.29) is 24.3 Å². The molecular weight excluding hydrogens is 406 g/mol. The summed E-state index contributed by atoms with van der Waals surface area (Å²) in [5.74, 6) is -0.0100. The van der Waals surface area contributed by atoms with Crippen molar-refractivity contribution < 1.29 is 9.59 Å². The molecule has 1 fully saturated rings. The number of hydrogen-bond acceptors (Lipinski definition) is 5. The second kappa shape index (κ2) is 8.66. The summed E-state index contributed by atoms with van der Waals surface area (Å²) in [5, 5.41) is 14.6. The first-order valence-corrected chi connectivity index (χ1v) is 10.2. The lowest BCUT2D eigenvalue weighted by Crippen LogP contribution is -2.35. The summed E-state index contributed by atoms with van der Waals surface area (Å²) >= 11 is 6.21. The molecule has 1 aliphatic rings. The van der Waals surface area contributed by atoms with E-state index in [4.69, 9.17) is 11.6 Å². The molecule has 0 radical (unpaired) electrons. The van der Waals surface area contributed by atoms with E-state index < -0.39 is 5.91 Å². The van der Waals surface area contributed by atoms with Gasteiger partial charge in [0, 0.05) is 12.2 Å². The molecule has 156 valence electrons. The van der Waals surface area contributed by atoms with Crippen LogP contribution in [0, 0.1) is 6.92 Å². The molecule has 0 aliphatic heterocycles. The molecule has 0 saturated heterocycles. The van der Waals surface area contributed by atoms with Crippen LogP contribution < -0.4 is 10.6 Å². The van der Waals surface area contributed by atoms with Crippen LogP contribution in [0.25, 0.3) is 5.69 Å². The third-order valence-corrected chi connectivity index (χ3v) is 5.29. The van der Waals surface area contributed by atoms with Crippen LogP contribution in [0.1, 0.15) is 42.1 Å². The molecule has 2 heterocycles. The van der Waals surface area contributed by atoms with Crippen LogP contribution in [0.4, 0.5) is 5.69 Å². The summed E-state index contributed by atoms with van der Waals surface area (Å²) in [4.78, 5) is 28.9. The van der Waals surface area contributed by atoms with Crippen molar-refractivity contribution >= 4 is 29.1 Å². The molecule has 9 nitrogen and oxygen atoms in total. The number of halogens is 1. The van der Waals surface area contributed by atoms with Gasteiger partial charge in [-0.3, -0.25) is 14.3 Å². The fourth-order valence-corrected chi connectivity index (χ4v) is 3.75. The Kier molecular flexibility index (Phi) is 5.80. The minimum absolute atomic E-state index is 0.0131. The SMILES string of the molecule is Cc1nc(C(=O)Nc2cnn(CC(=O)NC3CCCC3)c2)nn1-c1ccccc1Cl. The van der Waals surface area contributed by atoms with Gasteiger partial charge in [0.2, 0.25) is 11.7 Å². The van der Waals surface area contributed by atoms with Gasteiger partial charge in [0.05, 0.1) is 22.6 Å². The molecule has 0 unspecified atom stereocenters. The van der Waals surface area contributed by atoms with Crippen LogP contribution in [0.5, 0.6) is 0 Å². The predicted molar refractivity (Wildman–Crippen MR) is 112 cm³/mol. The van der Waals surface area contributed by atoms with Gasteiger partial charge < -0.3 is 10.6 Å². The maximum atomic E-state index is 12.6. The lowest BCUT2D eigenvalue weighted by molar-refractivity contribution is -0.122. The van der Waals surface area contributed by atoms with Crippen molar-refractivity contribution in [3.8, 4) is 5.69 Å². The normalized spacial score (nSPS) is 14.1. The monoisotopic (exact) mass is 427 g/mol. The topological polar surface area (TPSA) is 107 Å². The van der Waals surface area contributed by atoms with Gasteiger partial charge in [-0.15, -0.1) is 5.10 Å². The van der Waals surface area contributed by atoms with Gasteiger partial charge in [0.15, 0.2) is 0 Å². The van der Waals surface area contributed by atoms with Crippen LogP contribution in [-0.4, -0.2) is 42.4 Å². The summed E-state index contributed by atoms with van der Waals surface area (Å²) < 4.78 is 3.01. The third-order valence-electron chi connectivity index (χ3n) is 4.97. The molecule has 2 aromatic heterocycles. The number of amides is 2. The molecule has 3 aromatic rings. The number of nitrogens with zero attached hydrogens (tertiary/aromatic N) is 5. The molecule has 2 N–H and O–H groups in total. The lowest BCUT2D eigenvalue weighted by atomic mass is 10.2. The minimum Gasteiger partial charge on any atom is -0.352 e. The zero-order valence-electron chi connectivity index (χ0n) is 16.5. The summed E-state index contributed by atoms with van der Waals surface area (Å²) in [6.45, 7) is 1.85. The molecule has 0 spiro atoms. The van der Waals surface area contributed by atoms with Gasteiger partial charge in [-0.2, -0.15) is 5.10 Å². The summed E-state index contributed by atoms with van der Waals surface area (Å²) in [6.07, 6.45) is 7.45. The second-order valence-electron chi connectivity index (χ2n) is 7.28. The highest BCUT2D eigenvalue weighted by Gasteiger charge is 2.19. The number of benzene rings is 1. The molecule has 30 heavy (non-hydrogen) atoms. The predicted octanol–water partition coefficient (Wildman–Crippen LogP) is 2.74. The zero-order valence-corrected chi connectivity index (χ0v) is 17.3. The van der Waals surface area contributed by atoms with Gasteiger partial charge in [-0.25, -0.2) is 9.67 Å². The fraction of sp³-hybridized carbons (Fsp3) is 0.350. The average molecular weight is 428 g/mol. The highest BCUT2D eigenvalue weighted by atomic mass is 35.5. The Morgan fingerprint density at radius 2 is 2.00 bits per heavy atom. The Balaban J connectivity index is 1.39. The highest BCUT2D eigenvalue weighted by molar-refractivity contribution is 6.32. The standard InChI is InChI=1S/C20H22ClN7O2/c1-13-23-19(26-28(13)17-9-5-4-8-16(17)21)20(30)25-15-10-22-27(11-15)12-18(29)24-14-6-2-3-7-14/h4-5,8-11,14H,2-3,6-7,12H2,1H3,(H,24,29)(H,25,30). The molecule has 1 aliphatic carbocycles. The molecule has 1 saturated carbocycles. The van der Waals surface area contributed by atoms with Crippen LogP contribution >= 0.6 is 11.6 Å². The van der Waals surface area contributed by atoms with Gasteiger partial charge in [-0.05, 0) is 31.9 Å². The summed E-state index contributed by atoms with van der Waals surface area (Å²) in [6, 6.07) is 7.45. The number of nitrogens with one attached hydrogen (secondary N) is 2. The molecule has 2 amide bonds. The lowest BCUT2D eigenvalue weighted by Gasteiger charge is -2.11. The first-order valence-electron chi connectivity index (χ1n) is 9.81. The molecular formula is C20H22ClN7O2. The second-order valence-corrected chi connectivity index (χ2v) is 7.68. The highest BCUT2D eigenvalue weighted by Crippen LogP contribution is 2.20. The first-order chi connectivity index (χ1) is 14.5. The van der Waals surface area contributed by atoms with Gasteiger partial charge in [0.1, 0.15) is 12.4 Å². The zero-order chi connectivity index (χ0) is 21.1. The molecule has 10 heteroatoms. The number of para-hydroxylation sites is 1. The van der Waals surface area contributed by atoms with Crippen molar-refractivity contribution in [3.63, 3.8) is 0 Å². The van der Waals surface area contributed by atoms with E-state index in [1.165, 1.54) is 15.6 Å². The van der Waals surface area contributed by atoms with E-state index >= 15 is 0 Å². The number of anilines is 1. The van der Waals surface area contributed by atoms with E-state index in [0.29, 0.717) is 22.2 Å². The molecule has 1 aromatic carbocycles. The Morgan fingerprint density at radius 3 is 2.77 bits per heavy atom. The van der Waals surface area contributed by atoms with E-state index in [9.17, 15) is 9.59 Å². The molecule has 0 atom stereocenters. The van der Waals surface area contributed by atoms with Crippen LogP contribution in [0.15, 0.2) is 36.7 Å². The number of hydrogen-bond donors (Lipinski definition) is 2. The maximum absolute atomic E-state index is 12.6. The largest absolute Gasteiger partial charge is 0.352 e. The van der Waals surface area contributed by atoms with Crippen molar-refractivity contribution in [1.29, 1.82) is 0 Å². The van der Waals surface area contributed by atoms with Crippen molar-refractivity contribution in [3.05, 3.63) is 53.3 Å². The van der Waals surface area contributed by atoms with E-state index in [1.807, 2.05) is 12.1 Å². The van der Waals surface area contributed by atoms with Crippen LogP contribution in [-0.2, 0) is 11.3 Å². The number of carbonyl (C=O) groups excluding carboxylic acids is 2. The van der Waals surface area contributed by atoms with Crippen molar-refractivity contribution in [2.24, 2.45) is 0 Å². The Hall–Kier alpha value is -3.20. The molecule has 4 rings (SSSR count).